The van der Waals surface area contributed by atoms with Crippen LogP contribution in [0.25, 0.3) is 17.1 Å². The molecule has 2 N–H and O–H groups in total. The van der Waals surface area contributed by atoms with Crippen molar-refractivity contribution in [2.45, 2.75) is 40.2 Å². The molecular formula is C23H27N3O2. The minimum Gasteiger partial charge on any atom is -0.327 e. The quantitative estimate of drug-likeness (QED) is 0.380. The average molecular weight is 377 g/mol. The fourth-order valence-corrected chi connectivity index (χ4v) is 3.25. The summed E-state index contributed by atoms with van der Waals surface area (Å²) in [5.41, 5.74) is 5.91. The average Bonchev–Trinajstić information content (AvgIpc) is 3.00. The molecule has 2 aromatic carbocycles. The van der Waals surface area contributed by atoms with E-state index in [9.17, 15) is 4.79 Å². The van der Waals surface area contributed by atoms with Crippen molar-refractivity contribution in [3.63, 3.8) is 0 Å². The predicted molar refractivity (Wildman–Crippen MR) is 112 cm³/mol. The molecular weight excluding hydrogens is 350 g/mol. The van der Waals surface area contributed by atoms with Gasteiger partial charge in [0.05, 0.1) is 11.0 Å². The SMILES string of the molecule is CC(C)(C)Cn1c(CCc2ccccc2)nc2cc(C=CC(=O)NO)ccc21. The highest BCUT2D eigenvalue weighted by Crippen LogP contribution is 2.25. The van der Waals surface area contributed by atoms with E-state index in [1.54, 1.807) is 11.6 Å². The zero-order valence-corrected chi connectivity index (χ0v) is 16.6. The summed E-state index contributed by atoms with van der Waals surface area (Å²) < 4.78 is 2.31. The molecule has 1 heterocycles. The lowest BCUT2D eigenvalue weighted by Gasteiger charge is -2.21. The van der Waals surface area contributed by atoms with Crippen LogP contribution in [-0.4, -0.2) is 20.7 Å². The zero-order chi connectivity index (χ0) is 20.1. The molecule has 1 aromatic heterocycles. The largest absolute Gasteiger partial charge is 0.327 e. The second-order valence-corrected chi connectivity index (χ2v) is 8.22. The molecule has 0 unspecified atom stereocenters. The lowest BCUT2D eigenvalue weighted by molar-refractivity contribution is -0.124. The molecule has 5 heteroatoms. The van der Waals surface area contributed by atoms with Crippen LogP contribution in [0.15, 0.2) is 54.6 Å². The van der Waals surface area contributed by atoms with Crippen molar-refractivity contribution >= 4 is 23.0 Å². The summed E-state index contributed by atoms with van der Waals surface area (Å²) >= 11 is 0. The lowest BCUT2D eigenvalue weighted by Crippen LogP contribution is -2.17. The fourth-order valence-electron chi connectivity index (χ4n) is 3.25. The molecule has 0 aliphatic carbocycles. The van der Waals surface area contributed by atoms with Crippen LogP contribution in [-0.2, 0) is 24.2 Å². The van der Waals surface area contributed by atoms with Gasteiger partial charge in [-0.2, -0.15) is 0 Å². The van der Waals surface area contributed by atoms with Gasteiger partial charge in [0, 0.05) is 19.0 Å². The monoisotopic (exact) mass is 377 g/mol. The van der Waals surface area contributed by atoms with Gasteiger partial charge < -0.3 is 4.57 Å². The summed E-state index contributed by atoms with van der Waals surface area (Å²) in [6.45, 7) is 7.56. The molecule has 3 aromatic rings. The molecule has 3 rings (SSSR count). The normalized spacial score (nSPS) is 12.0. The molecule has 0 aliphatic rings. The van der Waals surface area contributed by atoms with Crippen LogP contribution >= 0.6 is 0 Å². The van der Waals surface area contributed by atoms with E-state index in [4.69, 9.17) is 10.2 Å². The van der Waals surface area contributed by atoms with Gasteiger partial charge in [0.25, 0.3) is 5.91 Å². The van der Waals surface area contributed by atoms with Crippen LogP contribution in [0.1, 0.15) is 37.7 Å². The van der Waals surface area contributed by atoms with Crippen LogP contribution in [0.5, 0.6) is 0 Å². The van der Waals surface area contributed by atoms with Crippen LogP contribution in [0.3, 0.4) is 0 Å². The Hall–Kier alpha value is -2.92. The Morgan fingerprint density at radius 1 is 1.14 bits per heavy atom. The Labute approximate surface area is 165 Å². The van der Waals surface area contributed by atoms with E-state index in [1.165, 1.54) is 11.6 Å². The van der Waals surface area contributed by atoms with Crippen molar-refractivity contribution in [3.05, 3.63) is 71.6 Å². The van der Waals surface area contributed by atoms with Gasteiger partial charge in [-0.05, 0) is 41.2 Å². The summed E-state index contributed by atoms with van der Waals surface area (Å²) in [6, 6.07) is 16.4. The van der Waals surface area contributed by atoms with Gasteiger partial charge >= 0.3 is 0 Å². The molecule has 28 heavy (non-hydrogen) atoms. The van der Waals surface area contributed by atoms with E-state index >= 15 is 0 Å². The number of carbonyl (C=O) groups excluding carboxylic acids is 1. The summed E-state index contributed by atoms with van der Waals surface area (Å²) in [6.07, 6.45) is 4.77. The van der Waals surface area contributed by atoms with E-state index in [0.29, 0.717) is 0 Å². The third kappa shape index (κ3) is 5.08. The number of nitrogens with zero attached hydrogens (tertiary/aromatic N) is 2. The number of amides is 1. The number of benzene rings is 2. The zero-order valence-electron chi connectivity index (χ0n) is 16.6. The number of aryl methyl sites for hydroxylation is 2. The van der Waals surface area contributed by atoms with Crippen LogP contribution in [0.2, 0.25) is 0 Å². The van der Waals surface area contributed by atoms with Crippen LogP contribution in [0, 0.1) is 5.41 Å². The van der Waals surface area contributed by atoms with Gasteiger partial charge in [-0.1, -0.05) is 57.2 Å². The number of fused-ring (bicyclic) bond motifs is 1. The van der Waals surface area contributed by atoms with Gasteiger partial charge in [-0.15, -0.1) is 0 Å². The lowest BCUT2D eigenvalue weighted by atomic mass is 9.96. The smallest absolute Gasteiger partial charge is 0.267 e. The first kappa shape index (κ1) is 19.8. The van der Waals surface area contributed by atoms with Crippen molar-refractivity contribution in [2.24, 2.45) is 5.41 Å². The standard InChI is InChI=1S/C23H27N3O2/c1-23(2,3)16-26-20-12-9-18(11-14-22(27)25-28)15-19(20)24-21(26)13-10-17-7-5-4-6-8-17/h4-9,11-12,14-15,28H,10,13,16H2,1-3H3,(H,25,27). The Morgan fingerprint density at radius 2 is 1.89 bits per heavy atom. The maximum Gasteiger partial charge on any atom is 0.267 e. The summed E-state index contributed by atoms with van der Waals surface area (Å²) in [5.74, 6) is 0.518. The van der Waals surface area contributed by atoms with Crippen molar-refractivity contribution in [1.82, 2.24) is 15.0 Å². The molecule has 0 bridgehead atoms. The summed E-state index contributed by atoms with van der Waals surface area (Å²) in [5, 5.41) is 8.62. The molecule has 0 fully saturated rings. The number of hydroxylamine groups is 1. The Morgan fingerprint density at radius 3 is 2.57 bits per heavy atom. The Bertz CT molecular complexity index is 982. The first-order valence-corrected chi connectivity index (χ1v) is 9.51. The molecule has 5 nitrogen and oxygen atoms in total. The topological polar surface area (TPSA) is 67.2 Å². The molecule has 0 spiro atoms. The molecule has 146 valence electrons. The first-order valence-electron chi connectivity index (χ1n) is 9.51. The van der Waals surface area contributed by atoms with Crippen molar-refractivity contribution in [2.75, 3.05) is 0 Å². The number of carbonyl (C=O) groups is 1. The molecule has 0 saturated heterocycles. The van der Waals surface area contributed by atoms with Gasteiger partial charge in [-0.3, -0.25) is 10.0 Å². The van der Waals surface area contributed by atoms with E-state index in [0.717, 1.165) is 41.8 Å². The third-order valence-corrected chi connectivity index (χ3v) is 4.50. The predicted octanol–water partition coefficient (Wildman–Crippen LogP) is 4.39. The van der Waals surface area contributed by atoms with Gasteiger partial charge in [0.1, 0.15) is 5.82 Å². The van der Waals surface area contributed by atoms with E-state index in [2.05, 4.69) is 55.7 Å². The molecule has 0 atom stereocenters. The molecule has 1 amide bonds. The van der Waals surface area contributed by atoms with E-state index < -0.39 is 5.91 Å². The number of imidazole rings is 1. The maximum atomic E-state index is 11.2. The van der Waals surface area contributed by atoms with Gasteiger partial charge in [-0.25, -0.2) is 10.5 Å². The van der Waals surface area contributed by atoms with E-state index in [1.807, 2.05) is 18.2 Å². The van der Waals surface area contributed by atoms with Crippen molar-refractivity contribution < 1.29 is 10.0 Å². The molecule has 0 saturated carbocycles. The molecule has 0 aliphatic heterocycles. The van der Waals surface area contributed by atoms with Crippen LogP contribution in [0.4, 0.5) is 0 Å². The van der Waals surface area contributed by atoms with Crippen molar-refractivity contribution in [1.29, 1.82) is 0 Å². The number of hydrogen-bond donors (Lipinski definition) is 2. The Balaban J connectivity index is 1.94. The highest BCUT2D eigenvalue weighted by atomic mass is 16.5. The number of nitrogens with one attached hydrogen (secondary N) is 1. The summed E-state index contributed by atoms with van der Waals surface area (Å²) in [7, 11) is 0. The van der Waals surface area contributed by atoms with Gasteiger partial charge in [0.2, 0.25) is 0 Å². The fraction of sp³-hybridized carbons (Fsp3) is 0.304. The second-order valence-electron chi connectivity index (χ2n) is 8.22. The maximum absolute atomic E-state index is 11.2. The van der Waals surface area contributed by atoms with Gasteiger partial charge in [0.15, 0.2) is 0 Å². The van der Waals surface area contributed by atoms with Crippen molar-refractivity contribution in [3.8, 4) is 0 Å². The second kappa shape index (κ2) is 8.40. The number of rotatable bonds is 6. The summed E-state index contributed by atoms with van der Waals surface area (Å²) in [4.78, 5) is 16.1. The third-order valence-electron chi connectivity index (χ3n) is 4.50. The van der Waals surface area contributed by atoms with E-state index in [-0.39, 0.29) is 5.41 Å². The highest BCUT2D eigenvalue weighted by molar-refractivity contribution is 5.91. The molecule has 0 radical (unpaired) electrons. The Kier molecular flexibility index (Phi) is 5.95. The first-order chi connectivity index (χ1) is 13.4. The number of hydrogen-bond acceptors (Lipinski definition) is 3. The number of aromatic nitrogens is 2. The van der Waals surface area contributed by atoms with Crippen LogP contribution < -0.4 is 5.48 Å². The minimum absolute atomic E-state index is 0.132. The minimum atomic E-state index is -0.554. The highest BCUT2D eigenvalue weighted by Gasteiger charge is 2.17.